The number of aliphatic hydroxyl groups excluding tert-OH is 1. The first-order valence-corrected chi connectivity index (χ1v) is 9.42. The SMILES string of the molecule is CCc1ccc(C(CO)NC(=O)C2CC(=O)N(C3CCCC3)C2)cc1. The Kier molecular flexibility index (Phi) is 5.74. The van der Waals surface area contributed by atoms with Gasteiger partial charge in [-0.1, -0.05) is 44.0 Å². The number of nitrogens with zero attached hydrogens (tertiary/aromatic N) is 1. The number of aryl methyl sites for hydroxylation is 1. The molecule has 1 saturated carbocycles. The van der Waals surface area contributed by atoms with E-state index in [4.69, 9.17) is 0 Å². The molecule has 3 rings (SSSR count). The van der Waals surface area contributed by atoms with E-state index in [1.165, 1.54) is 18.4 Å². The monoisotopic (exact) mass is 344 g/mol. The predicted molar refractivity (Wildman–Crippen MR) is 95.9 cm³/mol. The van der Waals surface area contributed by atoms with E-state index in [0.717, 1.165) is 24.8 Å². The molecule has 25 heavy (non-hydrogen) atoms. The van der Waals surface area contributed by atoms with Gasteiger partial charge in [0.05, 0.1) is 18.6 Å². The Labute approximate surface area is 149 Å². The summed E-state index contributed by atoms with van der Waals surface area (Å²) in [5.74, 6) is -0.343. The van der Waals surface area contributed by atoms with Gasteiger partial charge in [-0.25, -0.2) is 0 Å². The molecule has 2 unspecified atom stereocenters. The van der Waals surface area contributed by atoms with Crippen molar-refractivity contribution >= 4 is 11.8 Å². The van der Waals surface area contributed by atoms with Gasteiger partial charge in [-0.3, -0.25) is 9.59 Å². The van der Waals surface area contributed by atoms with Crippen LogP contribution in [0.15, 0.2) is 24.3 Å². The summed E-state index contributed by atoms with van der Waals surface area (Å²) >= 11 is 0. The Balaban J connectivity index is 1.61. The molecule has 1 aliphatic carbocycles. The molecule has 1 heterocycles. The molecular weight excluding hydrogens is 316 g/mol. The van der Waals surface area contributed by atoms with E-state index in [0.29, 0.717) is 12.6 Å². The molecule has 2 N–H and O–H groups in total. The quantitative estimate of drug-likeness (QED) is 0.831. The first-order chi connectivity index (χ1) is 12.1. The third-order valence-electron chi connectivity index (χ3n) is 5.58. The average Bonchev–Trinajstić information content (AvgIpc) is 3.29. The lowest BCUT2D eigenvalue weighted by Gasteiger charge is -2.24. The summed E-state index contributed by atoms with van der Waals surface area (Å²) in [6.07, 6.45) is 5.70. The second-order valence-electron chi connectivity index (χ2n) is 7.22. The minimum absolute atomic E-state index is 0.0971. The van der Waals surface area contributed by atoms with Crippen LogP contribution in [-0.4, -0.2) is 41.0 Å². The van der Waals surface area contributed by atoms with Gasteiger partial charge < -0.3 is 15.3 Å². The second kappa shape index (κ2) is 8.00. The van der Waals surface area contributed by atoms with Crippen molar-refractivity contribution in [3.63, 3.8) is 0 Å². The number of aliphatic hydroxyl groups is 1. The second-order valence-corrected chi connectivity index (χ2v) is 7.22. The molecule has 2 amide bonds. The zero-order valence-corrected chi connectivity index (χ0v) is 14.9. The van der Waals surface area contributed by atoms with Crippen LogP contribution in [0.25, 0.3) is 0 Å². The van der Waals surface area contributed by atoms with Crippen molar-refractivity contribution in [1.82, 2.24) is 10.2 Å². The standard InChI is InChI=1S/C20H28N2O3/c1-2-14-7-9-15(10-8-14)18(13-23)21-20(25)16-11-19(24)22(12-16)17-5-3-4-6-17/h7-10,16-18,23H,2-6,11-13H2,1H3,(H,21,25). The molecule has 1 aliphatic heterocycles. The Morgan fingerprint density at radius 1 is 1.28 bits per heavy atom. The first kappa shape index (κ1) is 17.9. The van der Waals surface area contributed by atoms with E-state index in [-0.39, 0.29) is 30.8 Å². The summed E-state index contributed by atoms with van der Waals surface area (Å²) in [5, 5.41) is 12.6. The highest BCUT2D eigenvalue weighted by Crippen LogP contribution is 2.29. The molecule has 0 spiro atoms. The molecule has 0 aromatic heterocycles. The number of benzene rings is 1. The fourth-order valence-corrected chi connectivity index (χ4v) is 3.99. The number of carbonyl (C=O) groups excluding carboxylic acids is 2. The molecule has 0 radical (unpaired) electrons. The molecule has 0 bridgehead atoms. The molecule has 2 atom stereocenters. The van der Waals surface area contributed by atoms with Gasteiger partial charge in [0.15, 0.2) is 0 Å². The van der Waals surface area contributed by atoms with Crippen molar-refractivity contribution < 1.29 is 14.7 Å². The van der Waals surface area contributed by atoms with Crippen LogP contribution in [0.2, 0.25) is 0 Å². The molecule has 1 aromatic rings. The van der Waals surface area contributed by atoms with Crippen LogP contribution in [0.4, 0.5) is 0 Å². The summed E-state index contributed by atoms with van der Waals surface area (Å²) in [7, 11) is 0. The maximum absolute atomic E-state index is 12.6. The molecule has 5 nitrogen and oxygen atoms in total. The number of amides is 2. The van der Waals surface area contributed by atoms with Crippen molar-refractivity contribution in [3.05, 3.63) is 35.4 Å². The fourth-order valence-electron chi connectivity index (χ4n) is 3.99. The molecule has 1 aromatic carbocycles. The molecular formula is C20H28N2O3. The van der Waals surface area contributed by atoms with Crippen LogP contribution in [0.3, 0.4) is 0 Å². The smallest absolute Gasteiger partial charge is 0.225 e. The van der Waals surface area contributed by atoms with E-state index in [9.17, 15) is 14.7 Å². The van der Waals surface area contributed by atoms with Crippen molar-refractivity contribution in [2.45, 2.75) is 57.5 Å². The first-order valence-electron chi connectivity index (χ1n) is 9.42. The van der Waals surface area contributed by atoms with Gasteiger partial charge in [0.1, 0.15) is 0 Å². The minimum Gasteiger partial charge on any atom is -0.394 e. The largest absolute Gasteiger partial charge is 0.394 e. The van der Waals surface area contributed by atoms with Crippen LogP contribution >= 0.6 is 0 Å². The summed E-state index contributed by atoms with van der Waals surface area (Å²) in [6.45, 7) is 2.46. The highest BCUT2D eigenvalue weighted by molar-refractivity contribution is 5.89. The third kappa shape index (κ3) is 4.03. The summed E-state index contributed by atoms with van der Waals surface area (Å²) < 4.78 is 0. The van der Waals surface area contributed by atoms with Crippen LogP contribution < -0.4 is 5.32 Å². The molecule has 1 saturated heterocycles. The van der Waals surface area contributed by atoms with Crippen molar-refractivity contribution in [2.24, 2.45) is 5.92 Å². The number of nitrogens with one attached hydrogen (secondary N) is 1. The summed E-state index contributed by atoms with van der Waals surface area (Å²) in [5.41, 5.74) is 2.12. The molecule has 5 heteroatoms. The lowest BCUT2D eigenvalue weighted by Crippen LogP contribution is -2.38. The maximum Gasteiger partial charge on any atom is 0.225 e. The lowest BCUT2D eigenvalue weighted by atomic mass is 10.0. The topological polar surface area (TPSA) is 69.6 Å². The Morgan fingerprint density at radius 3 is 2.56 bits per heavy atom. The van der Waals surface area contributed by atoms with E-state index in [1.807, 2.05) is 29.2 Å². The molecule has 2 fully saturated rings. The predicted octanol–water partition coefficient (Wildman–Crippen LogP) is 2.19. The highest BCUT2D eigenvalue weighted by Gasteiger charge is 2.39. The highest BCUT2D eigenvalue weighted by atomic mass is 16.3. The van der Waals surface area contributed by atoms with Crippen molar-refractivity contribution in [1.29, 1.82) is 0 Å². The lowest BCUT2D eigenvalue weighted by molar-refractivity contribution is -0.130. The number of carbonyl (C=O) groups is 2. The van der Waals surface area contributed by atoms with E-state index in [1.54, 1.807) is 0 Å². The van der Waals surface area contributed by atoms with Crippen molar-refractivity contribution in [3.8, 4) is 0 Å². The Morgan fingerprint density at radius 2 is 1.96 bits per heavy atom. The third-order valence-corrected chi connectivity index (χ3v) is 5.58. The van der Waals surface area contributed by atoms with Gasteiger partial charge in [-0.05, 0) is 30.4 Å². The zero-order chi connectivity index (χ0) is 17.8. The van der Waals surface area contributed by atoms with Gasteiger partial charge in [0, 0.05) is 19.0 Å². The van der Waals surface area contributed by atoms with Crippen LogP contribution in [0.5, 0.6) is 0 Å². The Bertz CT molecular complexity index is 608. The maximum atomic E-state index is 12.6. The summed E-state index contributed by atoms with van der Waals surface area (Å²) in [4.78, 5) is 26.8. The summed E-state index contributed by atoms with van der Waals surface area (Å²) in [6, 6.07) is 7.83. The van der Waals surface area contributed by atoms with E-state index in [2.05, 4.69) is 12.2 Å². The van der Waals surface area contributed by atoms with Gasteiger partial charge in [-0.15, -0.1) is 0 Å². The zero-order valence-electron chi connectivity index (χ0n) is 14.9. The average molecular weight is 344 g/mol. The normalized spacial score (nSPS) is 22.4. The van der Waals surface area contributed by atoms with Gasteiger partial charge >= 0.3 is 0 Å². The van der Waals surface area contributed by atoms with Crippen molar-refractivity contribution in [2.75, 3.05) is 13.2 Å². The van der Waals surface area contributed by atoms with E-state index >= 15 is 0 Å². The van der Waals surface area contributed by atoms with Crippen LogP contribution in [0.1, 0.15) is 56.2 Å². The van der Waals surface area contributed by atoms with Gasteiger partial charge in [-0.2, -0.15) is 0 Å². The number of likely N-dealkylation sites (tertiary alicyclic amines) is 1. The van der Waals surface area contributed by atoms with Crippen LogP contribution in [-0.2, 0) is 16.0 Å². The number of hydrogen-bond donors (Lipinski definition) is 2. The van der Waals surface area contributed by atoms with Crippen LogP contribution in [0, 0.1) is 5.92 Å². The number of rotatable bonds is 6. The molecule has 2 aliphatic rings. The number of hydrogen-bond acceptors (Lipinski definition) is 3. The minimum atomic E-state index is -0.422. The fraction of sp³-hybridized carbons (Fsp3) is 0.600. The van der Waals surface area contributed by atoms with Gasteiger partial charge in [0.2, 0.25) is 11.8 Å². The molecule has 136 valence electrons. The van der Waals surface area contributed by atoms with E-state index < -0.39 is 6.04 Å². The van der Waals surface area contributed by atoms with Gasteiger partial charge in [0.25, 0.3) is 0 Å². The Hall–Kier alpha value is -1.88.